The summed E-state index contributed by atoms with van der Waals surface area (Å²) in [6.45, 7) is 3.07. The predicted molar refractivity (Wildman–Crippen MR) is 71.5 cm³/mol. The van der Waals surface area contributed by atoms with E-state index in [1.54, 1.807) is 0 Å². The van der Waals surface area contributed by atoms with E-state index in [1.165, 1.54) is 44.9 Å². The molecule has 3 heteroatoms. The monoisotopic (exact) mass is 253 g/mol. The van der Waals surface area contributed by atoms with Crippen molar-refractivity contribution >= 4 is 0 Å². The van der Waals surface area contributed by atoms with Crippen LogP contribution in [-0.2, 0) is 4.74 Å². The molecule has 0 radical (unpaired) electrons. The lowest BCUT2D eigenvalue weighted by Gasteiger charge is -2.46. The Morgan fingerprint density at radius 2 is 1.78 bits per heavy atom. The molecular weight excluding hydrogens is 226 g/mol. The zero-order chi connectivity index (χ0) is 12.4. The topological polar surface area (TPSA) is 32.7 Å². The van der Waals surface area contributed by atoms with Crippen LogP contribution in [0.5, 0.6) is 0 Å². The van der Waals surface area contributed by atoms with Crippen LogP contribution in [0.15, 0.2) is 0 Å². The Morgan fingerprint density at radius 1 is 1.00 bits per heavy atom. The van der Waals surface area contributed by atoms with Crippen LogP contribution in [0.25, 0.3) is 0 Å². The van der Waals surface area contributed by atoms with Crippen molar-refractivity contribution < 1.29 is 9.84 Å². The van der Waals surface area contributed by atoms with E-state index in [0.29, 0.717) is 18.1 Å². The molecule has 3 aliphatic rings. The average Bonchev–Trinajstić information content (AvgIpc) is 2.42. The van der Waals surface area contributed by atoms with Crippen molar-refractivity contribution in [2.24, 2.45) is 5.92 Å². The standard InChI is InChI=1S/C15H27NO2/c17-14-7-3-1-5-12(14)11-16-9-10-18-15-8-4-2-6-13(15)16/h12-15,17H,1-11H2. The van der Waals surface area contributed by atoms with E-state index in [9.17, 15) is 5.11 Å². The summed E-state index contributed by atoms with van der Waals surface area (Å²) in [5, 5.41) is 10.1. The molecule has 0 amide bonds. The second-order valence-electron chi connectivity index (χ2n) is 6.37. The Balaban J connectivity index is 1.60. The van der Waals surface area contributed by atoms with Crippen LogP contribution < -0.4 is 0 Å². The van der Waals surface area contributed by atoms with Crippen molar-refractivity contribution in [2.45, 2.75) is 69.6 Å². The van der Waals surface area contributed by atoms with Gasteiger partial charge in [0.05, 0.1) is 18.8 Å². The molecular formula is C15H27NO2. The number of morpholine rings is 1. The molecule has 2 saturated carbocycles. The number of hydrogen-bond donors (Lipinski definition) is 1. The lowest BCUT2D eigenvalue weighted by atomic mass is 9.84. The number of rotatable bonds is 2. The highest BCUT2D eigenvalue weighted by Crippen LogP contribution is 2.31. The molecule has 1 saturated heterocycles. The van der Waals surface area contributed by atoms with Gasteiger partial charge in [-0.3, -0.25) is 4.90 Å². The van der Waals surface area contributed by atoms with Crippen molar-refractivity contribution in [3.8, 4) is 0 Å². The number of aliphatic hydroxyl groups is 1. The summed E-state index contributed by atoms with van der Waals surface area (Å²) >= 11 is 0. The zero-order valence-electron chi connectivity index (χ0n) is 11.4. The van der Waals surface area contributed by atoms with Gasteiger partial charge in [-0.1, -0.05) is 25.7 Å². The van der Waals surface area contributed by atoms with Crippen LogP contribution >= 0.6 is 0 Å². The number of nitrogens with zero attached hydrogens (tertiary/aromatic N) is 1. The van der Waals surface area contributed by atoms with Crippen LogP contribution in [0.1, 0.15) is 51.4 Å². The molecule has 0 bridgehead atoms. The van der Waals surface area contributed by atoms with E-state index in [4.69, 9.17) is 4.74 Å². The van der Waals surface area contributed by atoms with Crippen LogP contribution in [0.4, 0.5) is 0 Å². The lowest BCUT2D eigenvalue weighted by molar-refractivity contribution is -0.0989. The first kappa shape index (κ1) is 12.9. The summed E-state index contributed by atoms with van der Waals surface area (Å²) in [5.41, 5.74) is 0. The third kappa shape index (κ3) is 2.73. The summed E-state index contributed by atoms with van der Waals surface area (Å²) in [7, 11) is 0. The molecule has 0 aromatic rings. The van der Waals surface area contributed by atoms with Gasteiger partial charge in [0.1, 0.15) is 0 Å². The van der Waals surface area contributed by atoms with E-state index in [-0.39, 0.29) is 6.10 Å². The highest BCUT2D eigenvalue weighted by Gasteiger charge is 2.36. The van der Waals surface area contributed by atoms with Gasteiger partial charge in [-0.2, -0.15) is 0 Å². The van der Waals surface area contributed by atoms with E-state index in [0.717, 1.165) is 26.1 Å². The summed E-state index contributed by atoms with van der Waals surface area (Å²) < 4.78 is 5.92. The Bertz CT molecular complexity index is 269. The largest absolute Gasteiger partial charge is 0.393 e. The molecule has 2 aliphatic carbocycles. The van der Waals surface area contributed by atoms with Crippen molar-refractivity contribution in [3.63, 3.8) is 0 Å². The molecule has 1 aliphatic heterocycles. The Hall–Kier alpha value is -0.120. The quantitative estimate of drug-likeness (QED) is 0.819. The Labute approximate surface area is 110 Å². The fraction of sp³-hybridized carbons (Fsp3) is 1.00. The van der Waals surface area contributed by atoms with Gasteiger partial charge in [0.2, 0.25) is 0 Å². The third-order valence-corrected chi connectivity index (χ3v) is 5.19. The van der Waals surface area contributed by atoms with E-state index in [2.05, 4.69) is 4.90 Å². The van der Waals surface area contributed by atoms with Crippen molar-refractivity contribution in [2.75, 3.05) is 19.7 Å². The maximum atomic E-state index is 10.1. The van der Waals surface area contributed by atoms with E-state index >= 15 is 0 Å². The minimum Gasteiger partial charge on any atom is -0.393 e. The van der Waals surface area contributed by atoms with Crippen LogP contribution in [0, 0.1) is 5.92 Å². The fourth-order valence-corrected chi connectivity index (χ4v) is 4.11. The molecule has 3 rings (SSSR count). The van der Waals surface area contributed by atoms with Crippen LogP contribution in [0.3, 0.4) is 0 Å². The lowest BCUT2D eigenvalue weighted by Crippen LogP contribution is -2.54. The third-order valence-electron chi connectivity index (χ3n) is 5.19. The summed E-state index contributed by atoms with van der Waals surface area (Å²) in [6, 6.07) is 0.640. The molecule has 1 heterocycles. The first-order chi connectivity index (χ1) is 8.84. The smallest absolute Gasteiger partial charge is 0.0730 e. The number of ether oxygens (including phenoxy) is 1. The Morgan fingerprint density at radius 3 is 2.67 bits per heavy atom. The molecule has 3 fully saturated rings. The summed E-state index contributed by atoms with van der Waals surface area (Å²) in [5.74, 6) is 0.513. The van der Waals surface area contributed by atoms with Gasteiger partial charge in [-0.05, 0) is 31.6 Å². The van der Waals surface area contributed by atoms with Crippen LogP contribution in [0.2, 0.25) is 0 Å². The van der Waals surface area contributed by atoms with Gasteiger partial charge in [0, 0.05) is 19.1 Å². The van der Waals surface area contributed by atoms with Crippen molar-refractivity contribution in [1.82, 2.24) is 4.90 Å². The van der Waals surface area contributed by atoms with E-state index in [1.807, 2.05) is 0 Å². The van der Waals surface area contributed by atoms with Crippen molar-refractivity contribution in [3.05, 3.63) is 0 Å². The number of aliphatic hydroxyl groups excluding tert-OH is 1. The highest BCUT2D eigenvalue weighted by molar-refractivity contribution is 4.89. The van der Waals surface area contributed by atoms with Gasteiger partial charge < -0.3 is 9.84 Å². The molecule has 3 nitrogen and oxygen atoms in total. The Kier molecular flexibility index (Phi) is 4.22. The zero-order valence-corrected chi connectivity index (χ0v) is 11.4. The first-order valence-electron chi connectivity index (χ1n) is 7.88. The molecule has 4 unspecified atom stereocenters. The van der Waals surface area contributed by atoms with Gasteiger partial charge in [-0.25, -0.2) is 0 Å². The second kappa shape index (κ2) is 5.89. The molecule has 104 valence electrons. The van der Waals surface area contributed by atoms with Crippen molar-refractivity contribution in [1.29, 1.82) is 0 Å². The molecule has 0 aromatic heterocycles. The normalized spacial score (nSPS) is 42.5. The fourth-order valence-electron chi connectivity index (χ4n) is 4.11. The first-order valence-corrected chi connectivity index (χ1v) is 7.88. The van der Waals surface area contributed by atoms with Gasteiger partial charge in [0.15, 0.2) is 0 Å². The maximum Gasteiger partial charge on any atom is 0.0730 e. The average molecular weight is 253 g/mol. The minimum absolute atomic E-state index is 0.0522. The van der Waals surface area contributed by atoms with E-state index < -0.39 is 0 Å². The molecule has 0 aromatic carbocycles. The second-order valence-corrected chi connectivity index (χ2v) is 6.37. The highest BCUT2D eigenvalue weighted by atomic mass is 16.5. The van der Waals surface area contributed by atoms with Gasteiger partial charge in [0.25, 0.3) is 0 Å². The van der Waals surface area contributed by atoms with Crippen LogP contribution in [-0.4, -0.2) is 48.0 Å². The summed E-state index contributed by atoms with van der Waals surface area (Å²) in [4.78, 5) is 2.63. The molecule has 4 atom stereocenters. The van der Waals surface area contributed by atoms with Gasteiger partial charge in [-0.15, -0.1) is 0 Å². The predicted octanol–water partition coefficient (Wildman–Crippen LogP) is 2.18. The SMILES string of the molecule is OC1CCCCC1CN1CCOC2CCCCC21. The number of fused-ring (bicyclic) bond motifs is 1. The summed E-state index contributed by atoms with van der Waals surface area (Å²) in [6.07, 6.45) is 10.4. The number of hydrogen-bond acceptors (Lipinski definition) is 3. The molecule has 1 N–H and O–H groups in total. The minimum atomic E-state index is -0.0522. The van der Waals surface area contributed by atoms with Gasteiger partial charge >= 0.3 is 0 Å². The molecule has 0 spiro atoms. The molecule has 18 heavy (non-hydrogen) atoms. The maximum absolute atomic E-state index is 10.1.